The third-order valence-corrected chi connectivity index (χ3v) is 7.08. The number of hydrogen-bond donors (Lipinski definition) is 0. The Balaban J connectivity index is 0.00000199. The number of aryl methyl sites for hydroxylation is 3. The molecule has 2 unspecified atom stereocenters. The van der Waals surface area contributed by atoms with Crippen LogP contribution in [0, 0.1) is 7.43 Å². The van der Waals surface area contributed by atoms with Gasteiger partial charge in [0.2, 0.25) is 0 Å². The second-order valence-corrected chi connectivity index (χ2v) is 9.69. The van der Waals surface area contributed by atoms with Gasteiger partial charge in [-0.15, -0.1) is 12.1 Å². The van der Waals surface area contributed by atoms with E-state index in [0.29, 0.717) is 0 Å². The summed E-state index contributed by atoms with van der Waals surface area (Å²) in [5.41, 5.74) is 14.5. The summed E-state index contributed by atoms with van der Waals surface area (Å²) >= 11 is 1.82. The molecule has 0 bridgehead atoms. The standard InChI is InChI=1S/C27H32N2O2S.CH3.ClH.Ru/c1-4-20-17-21(5-2)25(22(6-3)18-20)19-32(30,31)29-27(24-15-11-8-12-16-24)26(28)23-13-9-7-10-14-23;;;/h7-18,26-28H,4-6,19H2,1-3H3;1H3;1H;/q-2;-1;;+4/p-1. The average molecular weight is 600 g/mol. The molecule has 0 saturated heterocycles. The first-order chi connectivity index (χ1) is 16.4. The maximum atomic E-state index is 13.4. The zero-order valence-electron chi connectivity index (χ0n) is 20.8. The van der Waals surface area contributed by atoms with E-state index >= 15 is 0 Å². The second kappa shape index (κ2) is 15.5. The summed E-state index contributed by atoms with van der Waals surface area (Å²) < 4.78 is 31.0. The minimum absolute atomic E-state index is 0. The first-order valence-corrected chi connectivity index (χ1v) is 15.3. The molecule has 0 radical (unpaired) electrons. The van der Waals surface area contributed by atoms with Crippen molar-refractivity contribution in [1.82, 2.24) is 0 Å². The maximum absolute atomic E-state index is 13.4. The van der Waals surface area contributed by atoms with E-state index < -0.39 is 22.1 Å². The average Bonchev–Trinajstić information content (AvgIpc) is 2.89. The van der Waals surface area contributed by atoms with Gasteiger partial charge in [-0.05, 0) is 41.5 Å². The van der Waals surface area contributed by atoms with Crippen molar-refractivity contribution in [3.8, 4) is 0 Å². The molecule has 1 N–H and O–H groups in total. The molecular weight excluding hydrogens is 565 g/mol. The third kappa shape index (κ3) is 8.80. The normalized spacial score (nSPS) is 12.6. The SMILES string of the molecule is CCc1cc(CC)c(CS(=O)(=O)[N-]C(c2ccccc2)C([NH-])c2ccccc2)c(CC)c1.[CH3-].[Cl][Ru+3]. The van der Waals surface area contributed by atoms with E-state index in [9.17, 15) is 8.42 Å². The van der Waals surface area contributed by atoms with E-state index in [4.69, 9.17) is 5.73 Å². The van der Waals surface area contributed by atoms with Gasteiger partial charge in [0, 0.05) is 0 Å². The molecular formula is C28H35ClN2O2RuS. The summed E-state index contributed by atoms with van der Waals surface area (Å²) in [7, 11) is 0.754. The predicted octanol–water partition coefficient (Wildman–Crippen LogP) is 8.25. The Morgan fingerprint density at radius 1 is 0.829 bits per heavy atom. The molecule has 3 aromatic carbocycles. The number of rotatable bonds is 10. The fourth-order valence-corrected chi connectivity index (χ4v) is 5.49. The van der Waals surface area contributed by atoms with Crippen LogP contribution >= 0.6 is 9.69 Å². The third-order valence-electron chi connectivity index (χ3n) is 5.88. The Labute approximate surface area is 226 Å². The summed E-state index contributed by atoms with van der Waals surface area (Å²) in [6.07, 6.45) is 2.48. The van der Waals surface area contributed by atoms with Gasteiger partial charge in [-0.2, -0.15) is 0 Å². The van der Waals surface area contributed by atoms with Crippen molar-refractivity contribution in [3.05, 3.63) is 124 Å². The van der Waals surface area contributed by atoms with Crippen LogP contribution in [0.5, 0.6) is 0 Å². The predicted molar refractivity (Wildman–Crippen MR) is 146 cm³/mol. The van der Waals surface area contributed by atoms with Crippen molar-refractivity contribution in [3.63, 3.8) is 0 Å². The number of benzene rings is 3. The molecule has 4 nitrogen and oxygen atoms in total. The summed E-state index contributed by atoms with van der Waals surface area (Å²) in [5, 5.41) is 0. The van der Waals surface area contributed by atoms with E-state index in [1.54, 1.807) is 0 Å². The summed E-state index contributed by atoms with van der Waals surface area (Å²) in [4.78, 5) is 0. The summed E-state index contributed by atoms with van der Waals surface area (Å²) in [6, 6.07) is 21.2. The van der Waals surface area contributed by atoms with Crippen molar-refractivity contribution in [2.75, 3.05) is 0 Å². The van der Waals surface area contributed by atoms with Gasteiger partial charge in [0.05, 0.1) is 15.8 Å². The van der Waals surface area contributed by atoms with Gasteiger partial charge >= 0.3 is 27.0 Å². The van der Waals surface area contributed by atoms with Crippen molar-refractivity contribution in [1.29, 1.82) is 0 Å². The van der Waals surface area contributed by atoms with Crippen molar-refractivity contribution in [2.24, 2.45) is 0 Å². The molecule has 0 amide bonds. The monoisotopic (exact) mass is 600 g/mol. The Morgan fingerprint density at radius 2 is 1.29 bits per heavy atom. The van der Waals surface area contributed by atoms with Gasteiger partial charge in [-0.3, -0.25) is 0 Å². The van der Waals surface area contributed by atoms with Crippen LogP contribution in [-0.2, 0) is 52.4 Å². The van der Waals surface area contributed by atoms with Gasteiger partial charge in [0.15, 0.2) is 0 Å². The second-order valence-electron chi connectivity index (χ2n) is 8.03. The Bertz CT molecular complexity index is 1100. The van der Waals surface area contributed by atoms with E-state index in [1.165, 1.54) is 5.56 Å². The fourth-order valence-electron chi connectivity index (χ4n) is 4.09. The molecule has 3 rings (SSSR count). The molecule has 7 heteroatoms. The molecule has 0 saturated carbocycles. The van der Waals surface area contributed by atoms with Gasteiger partial charge in [0.25, 0.3) is 0 Å². The molecule has 0 aromatic heterocycles. The number of hydrogen-bond acceptors (Lipinski definition) is 2. The van der Waals surface area contributed by atoms with Crippen molar-refractivity contribution >= 4 is 19.7 Å². The Morgan fingerprint density at radius 3 is 1.71 bits per heavy atom. The van der Waals surface area contributed by atoms with E-state index in [-0.39, 0.29) is 13.2 Å². The molecule has 0 heterocycles. The molecule has 190 valence electrons. The molecule has 3 aromatic rings. The van der Waals surface area contributed by atoms with E-state index in [0.717, 1.165) is 47.1 Å². The van der Waals surface area contributed by atoms with E-state index in [2.05, 4.69) is 47.3 Å². The van der Waals surface area contributed by atoms with Crippen LogP contribution in [0.4, 0.5) is 0 Å². The van der Waals surface area contributed by atoms with Crippen molar-refractivity contribution < 1.29 is 25.7 Å². The van der Waals surface area contributed by atoms with Crippen LogP contribution in [0.3, 0.4) is 0 Å². The quantitative estimate of drug-likeness (QED) is 0.174. The summed E-state index contributed by atoms with van der Waals surface area (Å²) in [5.74, 6) is -0.131. The zero-order chi connectivity index (χ0) is 25.1. The molecule has 0 aliphatic heterocycles. The van der Waals surface area contributed by atoms with Crippen LogP contribution in [0.1, 0.15) is 66.2 Å². The van der Waals surface area contributed by atoms with Gasteiger partial charge in [0.1, 0.15) is 0 Å². The molecule has 0 fully saturated rings. The van der Waals surface area contributed by atoms with Gasteiger partial charge in [-0.1, -0.05) is 105 Å². The Hall–Kier alpha value is -1.56. The van der Waals surface area contributed by atoms with Crippen LogP contribution in [0.15, 0.2) is 72.8 Å². The van der Waals surface area contributed by atoms with Crippen LogP contribution in [0.25, 0.3) is 10.5 Å². The molecule has 35 heavy (non-hydrogen) atoms. The molecule has 0 spiro atoms. The topological polar surface area (TPSA) is 72.0 Å². The molecule has 2 atom stereocenters. The van der Waals surface area contributed by atoms with Crippen LogP contribution in [0.2, 0.25) is 0 Å². The van der Waals surface area contributed by atoms with Gasteiger partial charge < -0.3 is 17.9 Å². The van der Waals surface area contributed by atoms with Crippen LogP contribution in [-0.4, -0.2) is 8.42 Å². The minimum atomic E-state index is -3.81. The summed E-state index contributed by atoms with van der Waals surface area (Å²) in [6.45, 7) is 6.23. The molecule has 0 aliphatic rings. The van der Waals surface area contributed by atoms with Crippen molar-refractivity contribution in [2.45, 2.75) is 57.9 Å². The fraction of sp³-hybridized carbons (Fsp3) is 0.321. The first kappa shape index (κ1) is 31.5. The van der Waals surface area contributed by atoms with E-state index in [1.807, 2.05) is 78.0 Å². The Kier molecular flexibility index (Phi) is 14.0. The number of halogens is 1. The first-order valence-electron chi connectivity index (χ1n) is 11.4. The number of sulfonamides is 1. The number of nitrogens with zero attached hydrogens (tertiary/aromatic N) is 1. The van der Waals surface area contributed by atoms with Gasteiger partial charge in [-0.25, -0.2) is 8.42 Å². The van der Waals surface area contributed by atoms with Crippen LogP contribution < -0.4 is 0 Å². The molecule has 0 aliphatic carbocycles. The number of nitrogens with one attached hydrogen (secondary N) is 1. The zero-order valence-corrected chi connectivity index (χ0v) is 24.1.